The summed E-state index contributed by atoms with van der Waals surface area (Å²) in [6.45, 7) is 4.95. The second-order valence-electron chi connectivity index (χ2n) is 9.09. The first-order chi connectivity index (χ1) is 17.8. The molecule has 10 nitrogen and oxygen atoms in total. The second-order valence-corrected chi connectivity index (χ2v) is 9.49. The molecule has 1 saturated carbocycles. The predicted molar refractivity (Wildman–Crippen MR) is 142 cm³/mol. The third-order valence-corrected chi connectivity index (χ3v) is 6.86. The summed E-state index contributed by atoms with van der Waals surface area (Å²) >= 11 is 6.48. The SMILES string of the molecule is C=CC(=O)N1CCCC1COC.Cn1ncc2c(C#Cc3[nH]nc(N)c3C(N)=O)c(Cl)cc(C3CC3)c21. The average molecular weight is 524 g/mol. The second kappa shape index (κ2) is 11.1. The van der Waals surface area contributed by atoms with Crippen LogP contribution in [-0.2, 0) is 16.6 Å². The van der Waals surface area contributed by atoms with Crippen molar-refractivity contribution in [1.29, 1.82) is 0 Å². The van der Waals surface area contributed by atoms with Crippen molar-refractivity contribution in [3.8, 4) is 11.8 Å². The fraction of sp³-hybridized carbons (Fsp3) is 0.385. The molecule has 1 atom stereocenters. The zero-order valence-corrected chi connectivity index (χ0v) is 21.6. The molecule has 3 aromatic rings. The maximum atomic E-state index is 11.5. The molecule has 1 aliphatic heterocycles. The number of benzene rings is 1. The number of rotatable bonds is 5. The summed E-state index contributed by atoms with van der Waals surface area (Å²) in [6.07, 6.45) is 7.58. The molecule has 1 aromatic carbocycles. The first kappa shape index (κ1) is 26.3. The van der Waals surface area contributed by atoms with Crippen molar-refractivity contribution in [3.05, 3.63) is 52.3 Å². The Bertz CT molecular complexity index is 1410. The highest BCUT2D eigenvalue weighted by atomic mass is 35.5. The highest BCUT2D eigenvalue weighted by molar-refractivity contribution is 6.33. The zero-order valence-electron chi connectivity index (χ0n) is 20.9. The quantitative estimate of drug-likeness (QED) is 0.346. The number of nitrogens with one attached hydrogen (secondary N) is 1. The molecule has 3 heterocycles. The Morgan fingerprint density at radius 1 is 1.35 bits per heavy atom. The van der Waals surface area contributed by atoms with Crippen LogP contribution in [0.5, 0.6) is 0 Å². The van der Waals surface area contributed by atoms with Gasteiger partial charge in [-0.05, 0) is 55.2 Å². The molecule has 11 heteroatoms. The molecule has 0 radical (unpaired) electrons. The number of methoxy groups -OCH3 is 1. The van der Waals surface area contributed by atoms with Crippen molar-refractivity contribution in [2.24, 2.45) is 12.8 Å². The van der Waals surface area contributed by atoms with Gasteiger partial charge >= 0.3 is 0 Å². The molecule has 2 aliphatic rings. The number of hydrogen-bond acceptors (Lipinski definition) is 6. The molecule has 194 valence electrons. The van der Waals surface area contributed by atoms with E-state index in [4.69, 9.17) is 27.8 Å². The number of nitrogens with zero attached hydrogens (tertiary/aromatic N) is 4. The summed E-state index contributed by atoms with van der Waals surface area (Å²) in [7, 11) is 3.56. The Morgan fingerprint density at radius 2 is 2.11 bits per heavy atom. The number of likely N-dealkylation sites (tertiary alicyclic amines) is 1. The lowest BCUT2D eigenvalue weighted by Crippen LogP contribution is -2.36. The van der Waals surface area contributed by atoms with Gasteiger partial charge in [0.05, 0.1) is 34.9 Å². The van der Waals surface area contributed by atoms with E-state index < -0.39 is 5.91 Å². The molecule has 0 bridgehead atoms. The Morgan fingerprint density at radius 3 is 2.76 bits per heavy atom. The van der Waals surface area contributed by atoms with Crippen molar-refractivity contribution >= 4 is 40.1 Å². The topological polar surface area (TPSA) is 145 Å². The van der Waals surface area contributed by atoms with Gasteiger partial charge in [-0.1, -0.05) is 24.1 Å². The number of amides is 2. The van der Waals surface area contributed by atoms with Crippen molar-refractivity contribution in [1.82, 2.24) is 24.9 Å². The van der Waals surface area contributed by atoms with E-state index in [2.05, 4.69) is 33.7 Å². The molecule has 5 N–H and O–H groups in total. The van der Waals surface area contributed by atoms with Gasteiger partial charge in [0.2, 0.25) is 5.91 Å². The average Bonchev–Trinajstić information content (AvgIpc) is 3.32. The van der Waals surface area contributed by atoms with Crippen LogP contribution in [0.1, 0.15) is 58.8 Å². The normalized spacial score (nSPS) is 16.6. The van der Waals surface area contributed by atoms with Crippen LogP contribution in [0.4, 0.5) is 5.82 Å². The van der Waals surface area contributed by atoms with Gasteiger partial charge in [-0.15, -0.1) is 0 Å². The van der Waals surface area contributed by atoms with Crippen molar-refractivity contribution < 1.29 is 14.3 Å². The molecular weight excluding hydrogens is 494 g/mol. The van der Waals surface area contributed by atoms with Crippen LogP contribution in [0.15, 0.2) is 24.9 Å². The number of halogens is 1. The van der Waals surface area contributed by atoms with Crippen LogP contribution in [0, 0.1) is 11.8 Å². The molecule has 1 unspecified atom stereocenters. The van der Waals surface area contributed by atoms with Crippen molar-refractivity contribution in [3.63, 3.8) is 0 Å². The number of aryl methyl sites for hydroxylation is 1. The number of aromatic nitrogens is 4. The standard InChI is InChI=1S/C17H15ClN6O.C9H15NO2/c1-24-15-10(8-2-3-8)6-12(18)9(11(15)7-21-24)4-5-13-14(17(20)25)16(19)23-22-13;1-3-9(11)10-6-4-5-8(10)7-12-2/h6-8H,2-3H2,1H3,(H2,20,25)(H3,19,22,23);3,8H,1,4-7H2,2H3. The monoisotopic (exact) mass is 523 g/mol. The van der Waals surface area contributed by atoms with E-state index >= 15 is 0 Å². The lowest BCUT2D eigenvalue weighted by Gasteiger charge is -2.22. The molecule has 2 fully saturated rings. The van der Waals surface area contributed by atoms with Crippen LogP contribution < -0.4 is 11.5 Å². The number of ether oxygens (including phenoxy) is 1. The molecule has 0 spiro atoms. The number of nitrogen functional groups attached to an aromatic ring is 1. The summed E-state index contributed by atoms with van der Waals surface area (Å²) in [5.41, 5.74) is 14.2. The third kappa shape index (κ3) is 5.48. The fourth-order valence-corrected chi connectivity index (χ4v) is 4.90. The Labute approximate surface area is 219 Å². The largest absolute Gasteiger partial charge is 0.383 e. The number of anilines is 1. The highest BCUT2D eigenvalue weighted by Gasteiger charge is 2.28. The van der Waals surface area contributed by atoms with Gasteiger partial charge in [0.15, 0.2) is 5.82 Å². The van der Waals surface area contributed by atoms with Gasteiger partial charge in [0, 0.05) is 26.1 Å². The van der Waals surface area contributed by atoms with Crippen molar-refractivity contribution in [2.45, 2.75) is 37.6 Å². The molecular formula is C26H30ClN7O3. The number of H-pyrrole nitrogens is 1. The van der Waals surface area contributed by atoms with Gasteiger partial charge in [-0.3, -0.25) is 19.4 Å². The number of hydrogen-bond donors (Lipinski definition) is 3. The summed E-state index contributed by atoms with van der Waals surface area (Å²) in [4.78, 5) is 24.6. The first-order valence-electron chi connectivity index (χ1n) is 12.0. The Hall–Kier alpha value is -3.81. The maximum absolute atomic E-state index is 11.5. The number of carbonyl (C=O) groups excluding carboxylic acids is 2. The third-order valence-electron chi connectivity index (χ3n) is 6.57. The summed E-state index contributed by atoms with van der Waals surface area (Å²) in [6, 6.07) is 2.23. The summed E-state index contributed by atoms with van der Waals surface area (Å²) < 4.78 is 6.86. The van der Waals surface area contributed by atoms with Gasteiger partial charge < -0.3 is 21.1 Å². The minimum atomic E-state index is -0.683. The Balaban J connectivity index is 0.000000225. The summed E-state index contributed by atoms with van der Waals surface area (Å²) in [5, 5.41) is 12.2. The van der Waals surface area contributed by atoms with E-state index in [-0.39, 0.29) is 29.0 Å². The molecule has 1 aliphatic carbocycles. The van der Waals surface area contributed by atoms with Gasteiger partial charge in [0.1, 0.15) is 11.3 Å². The zero-order chi connectivity index (χ0) is 26.7. The minimum Gasteiger partial charge on any atom is -0.383 e. The minimum absolute atomic E-state index is 0.0227. The lowest BCUT2D eigenvalue weighted by atomic mass is 10.0. The molecule has 2 aromatic heterocycles. The van der Waals surface area contributed by atoms with Crippen LogP contribution in [0.2, 0.25) is 5.02 Å². The number of nitrogens with two attached hydrogens (primary N) is 2. The van der Waals surface area contributed by atoms with Crippen LogP contribution in [-0.4, -0.2) is 63.0 Å². The molecule has 2 amide bonds. The predicted octanol–water partition coefficient (Wildman–Crippen LogP) is 2.72. The number of aromatic amines is 1. The Kier molecular flexibility index (Phi) is 7.86. The van der Waals surface area contributed by atoms with Crippen LogP contribution >= 0.6 is 11.6 Å². The number of primary amides is 1. The maximum Gasteiger partial charge on any atom is 0.255 e. The van der Waals surface area contributed by atoms with Crippen molar-refractivity contribution in [2.75, 3.05) is 26.0 Å². The van der Waals surface area contributed by atoms with Gasteiger partial charge in [0.25, 0.3) is 5.91 Å². The lowest BCUT2D eigenvalue weighted by molar-refractivity contribution is -0.127. The van der Waals surface area contributed by atoms with E-state index in [0.717, 1.165) is 43.1 Å². The number of carbonyl (C=O) groups is 2. The molecule has 37 heavy (non-hydrogen) atoms. The fourth-order valence-electron chi connectivity index (χ4n) is 4.63. The molecule has 1 saturated heterocycles. The van der Waals surface area contributed by atoms with E-state index in [9.17, 15) is 9.59 Å². The van der Waals surface area contributed by atoms with E-state index in [1.54, 1.807) is 13.3 Å². The van der Waals surface area contributed by atoms with E-state index in [1.165, 1.54) is 11.6 Å². The van der Waals surface area contributed by atoms with E-state index in [0.29, 0.717) is 23.1 Å². The van der Waals surface area contributed by atoms with E-state index in [1.807, 2.05) is 22.7 Å². The highest BCUT2D eigenvalue weighted by Crippen LogP contribution is 2.45. The smallest absolute Gasteiger partial charge is 0.255 e. The van der Waals surface area contributed by atoms with Crippen LogP contribution in [0.3, 0.4) is 0 Å². The van der Waals surface area contributed by atoms with Crippen LogP contribution in [0.25, 0.3) is 10.9 Å². The van der Waals surface area contributed by atoms with Gasteiger partial charge in [-0.25, -0.2) is 0 Å². The van der Waals surface area contributed by atoms with Gasteiger partial charge in [-0.2, -0.15) is 10.2 Å². The first-order valence-corrected chi connectivity index (χ1v) is 12.4. The summed E-state index contributed by atoms with van der Waals surface area (Å²) in [5.74, 6) is 5.78. The number of fused-ring (bicyclic) bond motifs is 1. The molecule has 5 rings (SSSR count).